The van der Waals surface area contributed by atoms with Gasteiger partial charge in [0.25, 0.3) is 0 Å². The van der Waals surface area contributed by atoms with Crippen molar-refractivity contribution in [1.29, 1.82) is 0 Å². The molecule has 2 aliphatic heterocycles. The summed E-state index contributed by atoms with van der Waals surface area (Å²) in [4.78, 5) is 14.2. The van der Waals surface area contributed by atoms with Gasteiger partial charge in [0.1, 0.15) is 0 Å². The van der Waals surface area contributed by atoms with E-state index >= 15 is 0 Å². The number of hydrogen-bond donors (Lipinski definition) is 1. The molecule has 5 heteroatoms. The highest BCUT2D eigenvalue weighted by Crippen LogP contribution is 2.16. The van der Waals surface area contributed by atoms with E-state index < -0.39 is 0 Å². The quantitative estimate of drug-likeness (QED) is 0.741. The van der Waals surface area contributed by atoms with E-state index in [4.69, 9.17) is 4.74 Å². The first-order valence-corrected chi connectivity index (χ1v) is 5.88. The zero-order valence-electron chi connectivity index (χ0n) is 9.78. The Balaban J connectivity index is 0.00000128. The molecule has 2 fully saturated rings. The Bertz CT molecular complexity index is 232. The van der Waals surface area contributed by atoms with E-state index in [1.165, 1.54) is 0 Å². The molecule has 0 radical (unpaired) electrons. The summed E-state index contributed by atoms with van der Waals surface area (Å²) in [5.41, 5.74) is 0. The molecule has 0 aromatic rings. The Morgan fingerprint density at radius 3 is 2.94 bits per heavy atom. The molecular weight excluding hydrogens is 228 g/mol. The van der Waals surface area contributed by atoms with Gasteiger partial charge in [-0.05, 0) is 26.3 Å². The smallest absolute Gasteiger partial charge is 0.227 e. The Kier molecular flexibility index (Phi) is 5.52. The van der Waals surface area contributed by atoms with Gasteiger partial charge in [0, 0.05) is 13.1 Å². The second-order valence-electron chi connectivity index (χ2n) is 4.50. The van der Waals surface area contributed by atoms with Crippen molar-refractivity contribution in [2.24, 2.45) is 5.92 Å². The molecule has 1 N–H and O–H groups in total. The van der Waals surface area contributed by atoms with E-state index in [2.05, 4.69) is 12.2 Å². The molecule has 2 rings (SSSR count). The zero-order valence-corrected chi connectivity index (χ0v) is 10.6. The van der Waals surface area contributed by atoms with Gasteiger partial charge in [-0.2, -0.15) is 0 Å². The molecule has 1 amide bonds. The summed E-state index contributed by atoms with van der Waals surface area (Å²) in [5, 5.41) is 3.29. The van der Waals surface area contributed by atoms with Gasteiger partial charge in [-0.3, -0.25) is 4.79 Å². The number of ether oxygens (including phenoxy) is 1. The lowest BCUT2D eigenvalue weighted by Crippen LogP contribution is -2.51. The summed E-state index contributed by atoms with van der Waals surface area (Å²) in [6, 6.07) is 0.244. The summed E-state index contributed by atoms with van der Waals surface area (Å²) in [5.74, 6) is 0.511. The first-order chi connectivity index (χ1) is 7.29. The minimum atomic E-state index is 0. The first-order valence-electron chi connectivity index (χ1n) is 5.88. The summed E-state index contributed by atoms with van der Waals surface area (Å²) in [6.45, 7) is 6.11. The van der Waals surface area contributed by atoms with Gasteiger partial charge in [-0.1, -0.05) is 0 Å². The zero-order chi connectivity index (χ0) is 10.7. The van der Waals surface area contributed by atoms with Crippen LogP contribution in [0.1, 0.15) is 19.8 Å². The fourth-order valence-electron chi connectivity index (χ4n) is 2.35. The highest BCUT2D eigenvalue weighted by Gasteiger charge is 2.30. The molecule has 16 heavy (non-hydrogen) atoms. The third-order valence-electron chi connectivity index (χ3n) is 3.30. The number of halogens is 1. The number of hydrogen-bond acceptors (Lipinski definition) is 3. The van der Waals surface area contributed by atoms with Crippen molar-refractivity contribution in [2.75, 3.05) is 32.8 Å². The third-order valence-corrected chi connectivity index (χ3v) is 3.30. The Hall–Kier alpha value is -0.320. The van der Waals surface area contributed by atoms with Gasteiger partial charge in [-0.25, -0.2) is 0 Å². The van der Waals surface area contributed by atoms with Gasteiger partial charge in [0.05, 0.1) is 25.2 Å². The summed E-state index contributed by atoms with van der Waals surface area (Å²) >= 11 is 0. The average Bonchev–Trinajstić information content (AvgIpc) is 2.30. The molecule has 2 aliphatic rings. The van der Waals surface area contributed by atoms with Gasteiger partial charge >= 0.3 is 0 Å². The van der Waals surface area contributed by atoms with Crippen molar-refractivity contribution in [1.82, 2.24) is 10.2 Å². The van der Waals surface area contributed by atoms with Crippen molar-refractivity contribution >= 4 is 18.3 Å². The second kappa shape index (κ2) is 6.42. The van der Waals surface area contributed by atoms with Crippen LogP contribution in [-0.4, -0.2) is 49.7 Å². The van der Waals surface area contributed by atoms with Crippen LogP contribution >= 0.6 is 12.4 Å². The number of nitrogens with zero attached hydrogens (tertiary/aromatic N) is 1. The summed E-state index contributed by atoms with van der Waals surface area (Å²) in [6.07, 6.45) is 2.16. The number of carbonyl (C=O) groups excluding carboxylic acids is 1. The minimum Gasteiger partial charge on any atom is -0.377 e. The van der Waals surface area contributed by atoms with Crippen LogP contribution in [-0.2, 0) is 9.53 Å². The molecule has 2 heterocycles. The average molecular weight is 249 g/mol. The van der Waals surface area contributed by atoms with E-state index in [0.717, 1.165) is 32.5 Å². The van der Waals surface area contributed by atoms with Crippen molar-refractivity contribution in [3.05, 3.63) is 0 Å². The number of nitrogens with one attached hydrogen (secondary N) is 1. The number of morpholine rings is 1. The van der Waals surface area contributed by atoms with Crippen molar-refractivity contribution in [3.63, 3.8) is 0 Å². The molecule has 0 bridgehead atoms. The van der Waals surface area contributed by atoms with Crippen molar-refractivity contribution in [2.45, 2.75) is 25.8 Å². The minimum absolute atomic E-state index is 0. The molecule has 0 aromatic heterocycles. The van der Waals surface area contributed by atoms with Gasteiger partial charge in [0.2, 0.25) is 5.91 Å². The maximum atomic E-state index is 12.2. The standard InChI is InChI=1S/C11H20N2O2.ClH/c1-9-8-15-6-5-13(9)11(14)10-3-2-4-12-7-10;/h9-10,12H,2-8H2,1H3;1H. The molecule has 0 saturated carbocycles. The molecule has 0 aliphatic carbocycles. The Morgan fingerprint density at radius 1 is 1.50 bits per heavy atom. The fraction of sp³-hybridized carbons (Fsp3) is 0.909. The van der Waals surface area contributed by atoms with Crippen LogP contribution < -0.4 is 5.32 Å². The second-order valence-corrected chi connectivity index (χ2v) is 4.50. The molecule has 2 unspecified atom stereocenters. The maximum absolute atomic E-state index is 12.2. The van der Waals surface area contributed by atoms with Crippen molar-refractivity contribution < 1.29 is 9.53 Å². The topological polar surface area (TPSA) is 41.6 Å². The SMILES string of the molecule is CC1COCCN1C(=O)C1CCCNC1.Cl. The first kappa shape index (κ1) is 13.7. The van der Waals surface area contributed by atoms with Crippen LogP contribution in [0.4, 0.5) is 0 Å². The van der Waals surface area contributed by atoms with Crippen LogP contribution in [0.15, 0.2) is 0 Å². The molecular formula is C11H21ClN2O2. The van der Waals surface area contributed by atoms with Crippen LogP contribution in [0, 0.1) is 5.92 Å². The number of amides is 1. The van der Waals surface area contributed by atoms with Crippen LogP contribution in [0.2, 0.25) is 0 Å². The molecule has 4 nitrogen and oxygen atoms in total. The van der Waals surface area contributed by atoms with Gasteiger partial charge < -0.3 is 15.0 Å². The van der Waals surface area contributed by atoms with Gasteiger partial charge in [0.15, 0.2) is 0 Å². The van der Waals surface area contributed by atoms with Crippen molar-refractivity contribution in [3.8, 4) is 0 Å². The van der Waals surface area contributed by atoms with E-state index in [1.54, 1.807) is 0 Å². The molecule has 94 valence electrons. The highest BCUT2D eigenvalue weighted by molar-refractivity contribution is 5.85. The summed E-state index contributed by atoms with van der Waals surface area (Å²) < 4.78 is 5.34. The molecule has 0 aromatic carbocycles. The highest BCUT2D eigenvalue weighted by atomic mass is 35.5. The molecule has 0 spiro atoms. The third kappa shape index (κ3) is 3.09. The fourth-order valence-corrected chi connectivity index (χ4v) is 2.35. The Labute approximate surface area is 103 Å². The predicted molar refractivity (Wildman–Crippen MR) is 64.8 cm³/mol. The normalized spacial score (nSPS) is 30.7. The lowest BCUT2D eigenvalue weighted by molar-refractivity contribution is -0.144. The van der Waals surface area contributed by atoms with E-state index in [9.17, 15) is 4.79 Å². The largest absolute Gasteiger partial charge is 0.377 e. The number of rotatable bonds is 1. The lowest BCUT2D eigenvalue weighted by atomic mass is 9.97. The number of piperidine rings is 1. The summed E-state index contributed by atoms with van der Waals surface area (Å²) in [7, 11) is 0. The lowest BCUT2D eigenvalue weighted by Gasteiger charge is -2.36. The number of carbonyl (C=O) groups is 1. The van der Waals surface area contributed by atoms with Crippen LogP contribution in [0.3, 0.4) is 0 Å². The van der Waals surface area contributed by atoms with Crippen LogP contribution in [0.5, 0.6) is 0 Å². The van der Waals surface area contributed by atoms with E-state index in [1.807, 2.05) is 4.90 Å². The molecule has 2 atom stereocenters. The Morgan fingerprint density at radius 2 is 2.31 bits per heavy atom. The van der Waals surface area contributed by atoms with Crippen LogP contribution in [0.25, 0.3) is 0 Å². The predicted octanol–water partition coefficient (Wildman–Crippen LogP) is 0.655. The van der Waals surface area contributed by atoms with E-state index in [0.29, 0.717) is 19.1 Å². The molecule has 2 saturated heterocycles. The van der Waals surface area contributed by atoms with E-state index in [-0.39, 0.29) is 24.4 Å². The maximum Gasteiger partial charge on any atom is 0.227 e. The van der Waals surface area contributed by atoms with Gasteiger partial charge in [-0.15, -0.1) is 12.4 Å². The monoisotopic (exact) mass is 248 g/mol.